The smallest absolute Gasteiger partial charge is 0.253 e. The third kappa shape index (κ3) is 3.32. The summed E-state index contributed by atoms with van der Waals surface area (Å²) < 4.78 is 25.7. The molecule has 0 aromatic heterocycles. The van der Waals surface area contributed by atoms with E-state index in [0.717, 1.165) is 11.1 Å². The molecule has 3 aromatic carbocycles. The average Bonchev–Trinajstić information content (AvgIpc) is 2.60. The maximum atomic E-state index is 12.9. The molecule has 24 heavy (non-hydrogen) atoms. The Labute approximate surface area is 136 Å². The molecule has 6 heteroatoms. The molecule has 0 saturated carbocycles. The van der Waals surface area contributed by atoms with Gasteiger partial charge in [-0.2, -0.15) is 0 Å². The van der Waals surface area contributed by atoms with Gasteiger partial charge in [0.1, 0.15) is 23.0 Å². The van der Waals surface area contributed by atoms with Crippen molar-refractivity contribution in [3.63, 3.8) is 0 Å². The molecule has 2 N–H and O–H groups in total. The molecule has 0 spiro atoms. The van der Waals surface area contributed by atoms with Gasteiger partial charge in [0.25, 0.3) is 10.9 Å². The molecule has 0 bridgehead atoms. The first-order chi connectivity index (χ1) is 11.5. The molecule has 4 nitrogen and oxygen atoms in total. The van der Waals surface area contributed by atoms with Gasteiger partial charge in [0.05, 0.1) is 0 Å². The molecular weight excluding hydrogens is 314 g/mol. The van der Waals surface area contributed by atoms with Gasteiger partial charge < -0.3 is 10.6 Å². The van der Waals surface area contributed by atoms with E-state index in [1.165, 1.54) is 24.3 Å². The molecule has 0 aliphatic carbocycles. The quantitative estimate of drug-likeness (QED) is 0.683. The molecule has 0 unspecified atom stereocenters. The topological polar surface area (TPSA) is 58.2 Å². The van der Waals surface area contributed by atoms with Crippen molar-refractivity contribution in [2.75, 3.05) is 10.6 Å². The predicted molar refractivity (Wildman–Crippen MR) is 88.8 cm³/mol. The van der Waals surface area contributed by atoms with E-state index < -0.39 is 10.9 Å². The fourth-order valence-corrected chi connectivity index (χ4v) is 2.31. The summed E-state index contributed by atoms with van der Waals surface area (Å²) in [5, 5.41) is 5.79. The van der Waals surface area contributed by atoms with Crippen LogP contribution >= 0.6 is 0 Å². The van der Waals surface area contributed by atoms with Crippen molar-refractivity contribution in [3.8, 4) is 0 Å². The van der Waals surface area contributed by atoms with Gasteiger partial charge in [-0.25, -0.2) is 8.78 Å². The molecule has 0 fully saturated rings. The molecular formula is C18H14F2N2O2. The predicted octanol–water partition coefficient (Wildman–Crippen LogP) is 2.79. The van der Waals surface area contributed by atoms with Crippen molar-refractivity contribution >= 4 is 11.4 Å². The molecule has 122 valence electrons. The van der Waals surface area contributed by atoms with Gasteiger partial charge in [-0.1, -0.05) is 24.3 Å². The van der Waals surface area contributed by atoms with Crippen LogP contribution in [0.25, 0.3) is 0 Å². The zero-order valence-corrected chi connectivity index (χ0v) is 12.6. The highest BCUT2D eigenvalue weighted by Crippen LogP contribution is 2.17. The van der Waals surface area contributed by atoms with Gasteiger partial charge in [0.15, 0.2) is 0 Å². The summed E-state index contributed by atoms with van der Waals surface area (Å²) >= 11 is 0. The Morgan fingerprint density at radius 1 is 0.625 bits per heavy atom. The molecule has 0 heterocycles. The summed E-state index contributed by atoms with van der Waals surface area (Å²) in [7, 11) is 0. The first kappa shape index (κ1) is 15.9. The minimum atomic E-state index is -0.585. The highest BCUT2D eigenvalue weighted by molar-refractivity contribution is 5.74. The van der Waals surface area contributed by atoms with Crippen molar-refractivity contribution in [1.29, 1.82) is 0 Å². The second-order valence-electron chi connectivity index (χ2n) is 5.37. The number of rotatable bonds is 6. The van der Waals surface area contributed by atoms with Crippen molar-refractivity contribution in [1.82, 2.24) is 0 Å². The fourth-order valence-electron chi connectivity index (χ4n) is 2.31. The summed E-state index contributed by atoms with van der Waals surface area (Å²) in [6, 6.07) is 11.7. The van der Waals surface area contributed by atoms with Crippen molar-refractivity contribution in [3.05, 3.63) is 91.7 Å². The Morgan fingerprint density at radius 2 is 0.958 bits per heavy atom. The van der Waals surface area contributed by atoms with E-state index in [0.29, 0.717) is 13.1 Å². The highest BCUT2D eigenvalue weighted by Gasteiger charge is 2.20. The molecule has 0 atom stereocenters. The van der Waals surface area contributed by atoms with Gasteiger partial charge in [0.2, 0.25) is 0 Å². The molecule has 0 amide bonds. The van der Waals surface area contributed by atoms with Gasteiger partial charge >= 0.3 is 0 Å². The summed E-state index contributed by atoms with van der Waals surface area (Å²) in [5.74, 6) is -0.677. The van der Waals surface area contributed by atoms with Crippen molar-refractivity contribution < 1.29 is 8.78 Å². The second-order valence-corrected chi connectivity index (χ2v) is 5.37. The number of benzene rings is 2. The Kier molecular flexibility index (Phi) is 4.37. The van der Waals surface area contributed by atoms with Crippen LogP contribution in [0.1, 0.15) is 11.1 Å². The number of anilines is 2. The first-order valence-electron chi connectivity index (χ1n) is 7.34. The van der Waals surface area contributed by atoms with E-state index in [2.05, 4.69) is 10.6 Å². The van der Waals surface area contributed by atoms with E-state index in [9.17, 15) is 18.4 Å². The summed E-state index contributed by atoms with van der Waals surface area (Å²) in [5.41, 5.74) is 0.832. The second kappa shape index (κ2) is 6.62. The molecule has 3 rings (SSSR count). The monoisotopic (exact) mass is 328 g/mol. The van der Waals surface area contributed by atoms with Crippen LogP contribution in [0.3, 0.4) is 0 Å². The first-order valence-corrected chi connectivity index (χ1v) is 7.34. The SMILES string of the molecule is O=c1c(NCc2ccc(F)cc2)c(NCc2ccc(F)cc2)c1=O. The van der Waals surface area contributed by atoms with E-state index in [1.807, 2.05) is 0 Å². The van der Waals surface area contributed by atoms with E-state index in [-0.39, 0.29) is 23.0 Å². The number of hydrogen-bond donors (Lipinski definition) is 2. The van der Waals surface area contributed by atoms with Crippen LogP contribution in [0.15, 0.2) is 58.1 Å². The van der Waals surface area contributed by atoms with Crippen LogP contribution in [-0.2, 0) is 13.1 Å². The molecule has 0 saturated heterocycles. The van der Waals surface area contributed by atoms with E-state index in [1.54, 1.807) is 24.3 Å². The largest absolute Gasteiger partial charge is 0.376 e. The van der Waals surface area contributed by atoms with Crippen LogP contribution in [0.2, 0.25) is 0 Å². The zero-order valence-electron chi connectivity index (χ0n) is 12.6. The lowest BCUT2D eigenvalue weighted by Crippen LogP contribution is -2.37. The Bertz CT molecular complexity index is 835. The van der Waals surface area contributed by atoms with Crippen LogP contribution in [0, 0.1) is 11.6 Å². The summed E-state index contributed by atoms with van der Waals surface area (Å²) in [6.07, 6.45) is 0. The molecule has 0 aliphatic heterocycles. The third-order valence-corrected chi connectivity index (χ3v) is 3.68. The Morgan fingerprint density at radius 3 is 1.29 bits per heavy atom. The van der Waals surface area contributed by atoms with Crippen molar-refractivity contribution in [2.45, 2.75) is 13.1 Å². The minimum Gasteiger partial charge on any atom is -0.376 e. The van der Waals surface area contributed by atoms with Crippen LogP contribution in [0.4, 0.5) is 20.2 Å². The lowest BCUT2D eigenvalue weighted by atomic mass is 10.1. The van der Waals surface area contributed by atoms with Gasteiger partial charge in [-0.05, 0) is 35.4 Å². The average molecular weight is 328 g/mol. The van der Waals surface area contributed by atoms with Crippen LogP contribution in [-0.4, -0.2) is 0 Å². The van der Waals surface area contributed by atoms with E-state index >= 15 is 0 Å². The van der Waals surface area contributed by atoms with Gasteiger partial charge in [0, 0.05) is 13.1 Å². The Hall–Kier alpha value is -3.02. The fraction of sp³-hybridized carbons (Fsp3) is 0.111. The maximum absolute atomic E-state index is 12.9. The standard InChI is InChI=1S/C18H14F2N2O2/c19-13-5-1-11(2-6-13)9-21-15-16(18(24)17(15)23)22-10-12-3-7-14(20)8-4-12/h1-8,21-22H,9-10H2. The number of halogens is 2. The molecule has 0 aliphatic rings. The maximum Gasteiger partial charge on any atom is 0.253 e. The number of hydrogen-bond acceptors (Lipinski definition) is 4. The lowest BCUT2D eigenvalue weighted by Gasteiger charge is -2.15. The zero-order chi connectivity index (χ0) is 17.1. The highest BCUT2D eigenvalue weighted by atomic mass is 19.1. The summed E-state index contributed by atoms with van der Waals surface area (Å²) in [4.78, 5) is 23.4. The Balaban J connectivity index is 1.65. The molecule has 3 aromatic rings. The van der Waals surface area contributed by atoms with E-state index in [4.69, 9.17) is 0 Å². The minimum absolute atomic E-state index is 0.214. The lowest BCUT2D eigenvalue weighted by molar-refractivity contribution is 0.626. The number of nitrogens with one attached hydrogen (secondary N) is 2. The van der Waals surface area contributed by atoms with Gasteiger partial charge in [-0.3, -0.25) is 9.59 Å². The molecule has 0 radical (unpaired) electrons. The van der Waals surface area contributed by atoms with Crippen molar-refractivity contribution in [2.24, 2.45) is 0 Å². The third-order valence-electron chi connectivity index (χ3n) is 3.68. The normalized spacial score (nSPS) is 10.8. The van der Waals surface area contributed by atoms with Gasteiger partial charge in [-0.15, -0.1) is 0 Å². The van der Waals surface area contributed by atoms with Crippen LogP contribution in [0.5, 0.6) is 0 Å². The summed E-state index contributed by atoms with van der Waals surface area (Å²) in [6.45, 7) is 0.604. The van der Waals surface area contributed by atoms with Crippen LogP contribution < -0.4 is 21.5 Å².